The van der Waals surface area contributed by atoms with Crippen molar-refractivity contribution in [3.8, 4) is 0 Å². The number of hydrogen-bond acceptors (Lipinski definition) is 1. The van der Waals surface area contributed by atoms with Crippen LogP contribution in [0.1, 0.15) is 91.9 Å². The highest BCUT2D eigenvalue weighted by molar-refractivity contribution is 4.85. The molecule has 0 heterocycles. The average molecular weight is 280 g/mol. The van der Waals surface area contributed by atoms with E-state index in [9.17, 15) is 0 Å². The zero-order chi connectivity index (χ0) is 14.6. The molecule has 20 heavy (non-hydrogen) atoms. The van der Waals surface area contributed by atoms with Crippen LogP contribution in [0, 0.1) is 16.7 Å². The summed E-state index contributed by atoms with van der Waals surface area (Å²) in [6, 6.07) is 0.793. The third-order valence-electron chi connectivity index (χ3n) is 6.07. The van der Waals surface area contributed by atoms with E-state index in [1.165, 1.54) is 70.8 Å². The van der Waals surface area contributed by atoms with E-state index in [1.54, 1.807) is 0 Å². The molecule has 0 amide bonds. The number of rotatable bonds is 3. The van der Waals surface area contributed by atoms with Crippen molar-refractivity contribution in [3.05, 3.63) is 0 Å². The van der Waals surface area contributed by atoms with Gasteiger partial charge in [0.05, 0.1) is 0 Å². The lowest BCUT2D eigenvalue weighted by Crippen LogP contribution is -2.39. The van der Waals surface area contributed by atoms with E-state index < -0.39 is 0 Å². The fourth-order valence-electron chi connectivity index (χ4n) is 4.34. The van der Waals surface area contributed by atoms with Gasteiger partial charge in [-0.25, -0.2) is 0 Å². The van der Waals surface area contributed by atoms with Crippen LogP contribution in [0.3, 0.4) is 0 Å². The van der Waals surface area contributed by atoms with Gasteiger partial charge in [0.2, 0.25) is 0 Å². The summed E-state index contributed by atoms with van der Waals surface area (Å²) in [5.74, 6) is 0.930. The minimum Gasteiger partial charge on any atom is -0.313 e. The average Bonchev–Trinajstić information content (AvgIpc) is 2.62. The van der Waals surface area contributed by atoms with E-state index in [-0.39, 0.29) is 0 Å². The lowest BCUT2D eigenvalue weighted by Gasteiger charge is -2.35. The van der Waals surface area contributed by atoms with Crippen LogP contribution in [0.15, 0.2) is 0 Å². The fourth-order valence-corrected chi connectivity index (χ4v) is 4.34. The van der Waals surface area contributed by atoms with Crippen molar-refractivity contribution >= 4 is 0 Å². The van der Waals surface area contributed by atoms with Crippen LogP contribution in [0.25, 0.3) is 0 Å². The number of nitrogens with one attached hydrogen (secondary N) is 1. The molecule has 2 atom stereocenters. The van der Waals surface area contributed by atoms with Crippen LogP contribution in [0.4, 0.5) is 0 Å². The summed E-state index contributed by atoms with van der Waals surface area (Å²) in [5, 5.41) is 3.94. The molecule has 0 aromatic heterocycles. The Kier molecular flexibility index (Phi) is 5.56. The van der Waals surface area contributed by atoms with Crippen molar-refractivity contribution in [2.45, 2.75) is 97.9 Å². The lowest BCUT2D eigenvalue weighted by molar-refractivity contribution is 0.193. The van der Waals surface area contributed by atoms with Crippen molar-refractivity contribution in [1.29, 1.82) is 0 Å². The highest BCUT2D eigenvalue weighted by Crippen LogP contribution is 2.38. The van der Waals surface area contributed by atoms with Crippen LogP contribution in [-0.2, 0) is 0 Å². The maximum atomic E-state index is 3.94. The van der Waals surface area contributed by atoms with E-state index in [4.69, 9.17) is 0 Å². The quantitative estimate of drug-likeness (QED) is 0.669. The van der Waals surface area contributed by atoms with Gasteiger partial charge in [-0.1, -0.05) is 53.4 Å². The van der Waals surface area contributed by atoms with Gasteiger partial charge in [-0.05, 0) is 55.3 Å². The van der Waals surface area contributed by atoms with E-state index in [0.29, 0.717) is 10.8 Å². The monoisotopic (exact) mass is 279 g/mol. The molecule has 2 saturated carbocycles. The molecule has 1 nitrogen and oxygen atoms in total. The third-order valence-corrected chi connectivity index (χ3v) is 6.07. The second-order valence-corrected chi connectivity index (χ2v) is 9.02. The molecule has 0 spiro atoms. The molecule has 0 aromatic rings. The van der Waals surface area contributed by atoms with Crippen molar-refractivity contribution in [2.75, 3.05) is 6.54 Å². The topological polar surface area (TPSA) is 12.0 Å². The Morgan fingerprint density at radius 3 is 2.25 bits per heavy atom. The van der Waals surface area contributed by atoms with Gasteiger partial charge in [0.1, 0.15) is 0 Å². The van der Waals surface area contributed by atoms with E-state index in [1.807, 2.05) is 0 Å². The van der Waals surface area contributed by atoms with Crippen LogP contribution in [0.5, 0.6) is 0 Å². The first kappa shape index (κ1) is 16.3. The van der Waals surface area contributed by atoms with Gasteiger partial charge in [-0.2, -0.15) is 0 Å². The van der Waals surface area contributed by atoms with Crippen LogP contribution in [0.2, 0.25) is 0 Å². The molecular weight excluding hydrogens is 242 g/mol. The Labute approximate surface area is 127 Å². The summed E-state index contributed by atoms with van der Waals surface area (Å²) in [6.45, 7) is 11.0. The molecule has 0 aromatic carbocycles. The summed E-state index contributed by atoms with van der Waals surface area (Å²) in [4.78, 5) is 0. The Bertz CT molecular complexity index is 283. The van der Waals surface area contributed by atoms with Gasteiger partial charge in [0.25, 0.3) is 0 Å². The van der Waals surface area contributed by atoms with E-state index >= 15 is 0 Å². The van der Waals surface area contributed by atoms with Gasteiger partial charge in [0, 0.05) is 12.6 Å². The Morgan fingerprint density at radius 2 is 1.60 bits per heavy atom. The van der Waals surface area contributed by atoms with Crippen LogP contribution in [-0.4, -0.2) is 12.6 Å². The van der Waals surface area contributed by atoms with Crippen molar-refractivity contribution in [2.24, 2.45) is 16.7 Å². The summed E-state index contributed by atoms with van der Waals surface area (Å²) in [5.41, 5.74) is 1.10. The first-order chi connectivity index (χ1) is 9.39. The second-order valence-electron chi connectivity index (χ2n) is 9.02. The predicted octanol–water partition coefficient (Wildman–Crippen LogP) is 5.54. The minimum atomic E-state index is 0.504. The summed E-state index contributed by atoms with van der Waals surface area (Å²) >= 11 is 0. The molecule has 2 aliphatic carbocycles. The Morgan fingerprint density at radius 1 is 0.900 bits per heavy atom. The van der Waals surface area contributed by atoms with E-state index in [2.05, 4.69) is 33.0 Å². The maximum absolute atomic E-state index is 3.94. The maximum Gasteiger partial charge on any atom is 0.00674 e. The second kappa shape index (κ2) is 6.81. The number of hydrogen-bond donors (Lipinski definition) is 1. The largest absolute Gasteiger partial charge is 0.313 e. The molecule has 2 aliphatic rings. The Hall–Kier alpha value is -0.0400. The zero-order valence-corrected chi connectivity index (χ0v) is 14.4. The van der Waals surface area contributed by atoms with Crippen LogP contribution >= 0.6 is 0 Å². The SMILES string of the molecule is CC1(CNC2CCCC(C(C)(C)C)CC2)CCCCC1. The molecule has 0 saturated heterocycles. The minimum absolute atomic E-state index is 0.504. The first-order valence-electron chi connectivity index (χ1n) is 9.12. The predicted molar refractivity (Wildman–Crippen MR) is 89.0 cm³/mol. The lowest BCUT2D eigenvalue weighted by atomic mass is 9.75. The molecule has 118 valence electrons. The summed E-state index contributed by atoms with van der Waals surface area (Å²) in [6.07, 6.45) is 14.4. The molecule has 0 aliphatic heterocycles. The van der Waals surface area contributed by atoms with Gasteiger partial charge in [0.15, 0.2) is 0 Å². The fraction of sp³-hybridized carbons (Fsp3) is 1.00. The van der Waals surface area contributed by atoms with Gasteiger partial charge in [-0.3, -0.25) is 0 Å². The van der Waals surface area contributed by atoms with Gasteiger partial charge >= 0.3 is 0 Å². The zero-order valence-electron chi connectivity index (χ0n) is 14.4. The Balaban J connectivity index is 1.76. The highest BCUT2D eigenvalue weighted by atomic mass is 14.9. The van der Waals surface area contributed by atoms with Crippen LogP contribution < -0.4 is 5.32 Å². The summed E-state index contributed by atoms with van der Waals surface area (Å²) < 4.78 is 0. The van der Waals surface area contributed by atoms with E-state index in [0.717, 1.165) is 12.0 Å². The molecule has 2 unspecified atom stereocenters. The standard InChI is InChI=1S/C19H37N/c1-18(2,3)16-9-8-10-17(12-11-16)20-15-19(4)13-6-5-7-14-19/h16-17,20H,5-15H2,1-4H3. The first-order valence-corrected chi connectivity index (χ1v) is 9.12. The molecule has 2 fully saturated rings. The molecular formula is C19H37N. The van der Waals surface area contributed by atoms with Crippen molar-refractivity contribution in [1.82, 2.24) is 5.32 Å². The van der Waals surface area contributed by atoms with Gasteiger partial charge < -0.3 is 5.32 Å². The van der Waals surface area contributed by atoms with Gasteiger partial charge in [-0.15, -0.1) is 0 Å². The molecule has 1 N–H and O–H groups in total. The third kappa shape index (κ3) is 4.76. The van der Waals surface area contributed by atoms with Crippen molar-refractivity contribution < 1.29 is 0 Å². The summed E-state index contributed by atoms with van der Waals surface area (Å²) in [7, 11) is 0. The molecule has 0 bridgehead atoms. The van der Waals surface area contributed by atoms with Crippen molar-refractivity contribution in [3.63, 3.8) is 0 Å². The molecule has 2 rings (SSSR count). The molecule has 1 heteroatoms. The molecule has 0 radical (unpaired) electrons. The normalized spacial score (nSPS) is 31.8. The smallest absolute Gasteiger partial charge is 0.00674 e. The highest BCUT2D eigenvalue weighted by Gasteiger charge is 2.30.